The number of nitrogens with two attached hydrogens (primary N) is 1. The Labute approximate surface area is 108 Å². The zero-order valence-electron chi connectivity index (χ0n) is 10.9. The van der Waals surface area contributed by atoms with Crippen molar-refractivity contribution in [2.24, 2.45) is 5.73 Å². The molecule has 0 aromatic heterocycles. The van der Waals surface area contributed by atoms with E-state index in [4.69, 9.17) is 10.8 Å². The van der Waals surface area contributed by atoms with Gasteiger partial charge in [-0.3, -0.25) is 4.79 Å². The number of rotatable bonds is 7. The second-order valence-electron chi connectivity index (χ2n) is 4.27. The molecule has 0 aliphatic heterocycles. The maximum atomic E-state index is 12.0. The summed E-state index contributed by atoms with van der Waals surface area (Å²) in [7, 11) is 0. The Bertz CT molecular complexity index is 354. The monoisotopic (exact) mass is 250 g/mol. The van der Waals surface area contributed by atoms with Crippen molar-refractivity contribution in [2.75, 3.05) is 19.7 Å². The van der Waals surface area contributed by atoms with Crippen molar-refractivity contribution in [3.8, 4) is 0 Å². The summed E-state index contributed by atoms with van der Waals surface area (Å²) in [5.74, 6) is 0.0438. The first kappa shape index (κ1) is 14.7. The maximum absolute atomic E-state index is 12.0. The van der Waals surface area contributed by atoms with E-state index < -0.39 is 0 Å². The van der Waals surface area contributed by atoms with E-state index >= 15 is 0 Å². The Morgan fingerprint density at radius 2 is 2.06 bits per heavy atom. The largest absolute Gasteiger partial charge is 0.396 e. The van der Waals surface area contributed by atoms with Gasteiger partial charge in [-0.1, -0.05) is 30.3 Å². The smallest absolute Gasteiger partial charge is 0.224 e. The van der Waals surface area contributed by atoms with Crippen molar-refractivity contribution in [3.05, 3.63) is 35.9 Å². The number of benzene rings is 1. The minimum absolute atomic E-state index is 0.0438. The van der Waals surface area contributed by atoms with Gasteiger partial charge in [-0.05, 0) is 18.9 Å². The Hall–Kier alpha value is -1.39. The van der Waals surface area contributed by atoms with E-state index in [0.29, 0.717) is 25.9 Å². The lowest BCUT2D eigenvalue weighted by molar-refractivity contribution is -0.131. The van der Waals surface area contributed by atoms with E-state index in [1.54, 1.807) is 4.90 Å². The normalized spacial score (nSPS) is 12.2. The van der Waals surface area contributed by atoms with Crippen LogP contribution in [0.4, 0.5) is 0 Å². The lowest BCUT2D eigenvalue weighted by Gasteiger charge is -2.22. The second kappa shape index (κ2) is 7.84. The average Bonchev–Trinajstić information content (AvgIpc) is 2.40. The summed E-state index contributed by atoms with van der Waals surface area (Å²) >= 11 is 0. The number of aliphatic hydroxyl groups is 1. The van der Waals surface area contributed by atoms with E-state index in [9.17, 15) is 4.79 Å². The van der Waals surface area contributed by atoms with Crippen molar-refractivity contribution in [2.45, 2.75) is 25.8 Å². The fourth-order valence-corrected chi connectivity index (χ4v) is 1.86. The molecule has 0 aliphatic rings. The molecular weight excluding hydrogens is 228 g/mol. The van der Waals surface area contributed by atoms with Gasteiger partial charge in [0.15, 0.2) is 0 Å². The van der Waals surface area contributed by atoms with Gasteiger partial charge in [0.1, 0.15) is 0 Å². The zero-order chi connectivity index (χ0) is 13.4. The van der Waals surface area contributed by atoms with Gasteiger partial charge in [-0.25, -0.2) is 0 Å². The number of amides is 1. The molecular formula is C14H22N2O2. The molecule has 1 aromatic carbocycles. The quantitative estimate of drug-likeness (QED) is 0.766. The van der Waals surface area contributed by atoms with Crippen LogP contribution in [-0.2, 0) is 4.79 Å². The Kier molecular flexibility index (Phi) is 6.39. The topological polar surface area (TPSA) is 66.6 Å². The van der Waals surface area contributed by atoms with Crippen LogP contribution < -0.4 is 5.73 Å². The molecule has 4 heteroatoms. The van der Waals surface area contributed by atoms with Crippen LogP contribution >= 0.6 is 0 Å². The summed E-state index contributed by atoms with van der Waals surface area (Å²) < 4.78 is 0. The molecule has 1 atom stereocenters. The molecule has 0 spiro atoms. The predicted molar refractivity (Wildman–Crippen MR) is 71.9 cm³/mol. The molecule has 1 amide bonds. The number of carbonyl (C=O) groups excluding carboxylic acids is 1. The summed E-state index contributed by atoms with van der Waals surface area (Å²) in [6.07, 6.45) is 0.920. The van der Waals surface area contributed by atoms with Crippen LogP contribution in [0.15, 0.2) is 30.3 Å². The third-order valence-corrected chi connectivity index (χ3v) is 2.94. The molecule has 0 radical (unpaired) electrons. The molecule has 1 unspecified atom stereocenters. The molecule has 18 heavy (non-hydrogen) atoms. The van der Waals surface area contributed by atoms with Gasteiger partial charge in [0.05, 0.1) is 0 Å². The molecule has 0 fully saturated rings. The molecule has 0 bridgehead atoms. The lowest BCUT2D eigenvalue weighted by atomic mass is 10.0. The van der Waals surface area contributed by atoms with Crippen molar-refractivity contribution >= 4 is 5.91 Å². The molecule has 1 aromatic rings. The Morgan fingerprint density at radius 1 is 1.39 bits per heavy atom. The van der Waals surface area contributed by atoms with Crippen LogP contribution in [0.3, 0.4) is 0 Å². The first-order valence-electron chi connectivity index (χ1n) is 6.38. The fourth-order valence-electron chi connectivity index (χ4n) is 1.86. The summed E-state index contributed by atoms with van der Waals surface area (Å²) in [5.41, 5.74) is 7.00. The van der Waals surface area contributed by atoms with Gasteiger partial charge in [0.25, 0.3) is 0 Å². The summed E-state index contributed by atoms with van der Waals surface area (Å²) in [4.78, 5) is 13.8. The number of carbonyl (C=O) groups is 1. The molecule has 0 aliphatic carbocycles. The van der Waals surface area contributed by atoms with Gasteiger partial charge in [0.2, 0.25) is 5.91 Å². The van der Waals surface area contributed by atoms with Crippen molar-refractivity contribution in [3.63, 3.8) is 0 Å². The van der Waals surface area contributed by atoms with E-state index in [0.717, 1.165) is 5.56 Å². The van der Waals surface area contributed by atoms with Crippen LogP contribution in [0.5, 0.6) is 0 Å². The van der Waals surface area contributed by atoms with E-state index in [1.807, 2.05) is 37.3 Å². The standard InChI is InChI=1S/C14H22N2O2/c1-2-16(9-6-10-17)14(18)11-13(15)12-7-4-3-5-8-12/h3-5,7-8,13,17H,2,6,9-11,15H2,1H3. The Balaban J connectivity index is 2.52. The summed E-state index contributed by atoms with van der Waals surface area (Å²) in [6, 6.07) is 9.37. The molecule has 0 saturated heterocycles. The molecule has 0 heterocycles. The van der Waals surface area contributed by atoms with Crippen LogP contribution in [0.2, 0.25) is 0 Å². The molecule has 100 valence electrons. The van der Waals surface area contributed by atoms with Gasteiger partial charge >= 0.3 is 0 Å². The lowest BCUT2D eigenvalue weighted by Crippen LogP contribution is -2.34. The number of nitrogens with zero attached hydrogens (tertiary/aromatic N) is 1. The highest BCUT2D eigenvalue weighted by molar-refractivity contribution is 5.77. The minimum atomic E-state index is -0.262. The van der Waals surface area contributed by atoms with Crippen LogP contribution in [0.1, 0.15) is 31.4 Å². The molecule has 0 saturated carbocycles. The summed E-state index contributed by atoms with van der Waals surface area (Å²) in [5, 5.41) is 8.79. The van der Waals surface area contributed by atoms with E-state index in [2.05, 4.69) is 0 Å². The Morgan fingerprint density at radius 3 is 2.61 bits per heavy atom. The third-order valence-electron chi connectivity index (χ3n) is 2.94. The fraction of sp³-hybridized carbons (Fsp3) is 0.500. The van der Waals surface area contributed by atoms with Crippen molar-refractivity contribution in [1.82, 2.24) is 4.90 Å². The average molecular weight is 250 g/mol. The first-order chi connectivity index (χ1) is 8.69. The predicted octanol–water partition coefficient (Wildman–Crippen LogP) is 1.31. The molecule has 1 rings (SSSR count). The first-order valence-corrected chi connectivity index (χ1v) is 6.38. The third kappa shape index (κ3) is 4.47. The van der Waals surface area contributed by atoms with E-state index in [-0.39, 0.29) is 18.6 Å². The van der Waals surface area contributed by atoms with Gasteiger partial charge < -0.3 is 15.7 Å². The van der Waals surface area contributed by atoms with Crippen LogP contribution in [0, 0.1) is 0 Å². The second-order valence-corrected chi connectivity index (χ2v) is 4.27. The van der Waals surface area contributed by atoms with E-state index in [1.165, 1.54) is 0 Å². The van der Waals surface area contributed by atoms with Gasteiger partial charge in [0, 0.05) is 32.2 Å². The highest BCUT2D eigenvalue weighted by Crippen LogP contribution is 2.14. The number of hydrogen-bond acceptors (Lipinski definition) is 3. The van der Waals surface area contributed by atoms with Crippen LogP contribution in [-0.4, -0.2) is 35.6 Å². The highest BCUT2D eigenvalue weighted by Gasteiger charge is 2.16. The zero-order valence-corrected chi connectivity index (χ0v) is 10.9. The minimum Gasteiger partial charge on any atom is -0.396 e. The maximum Gasteiger partial charge on any atom is 0.224 e. The van der Waals surface area contributed by atoms with Crippen LogP contribution in [0.25, 0.3) is 0 Å². The SMILES string of the molecule is CCN(CCCO)C(=O)CC(N)c1ccccc1. The van der Waals surface area contributed by atoms with Gasteiger partial charge in [-0.2, -0.15) is 0 Å². The van der Waals surface area contributed by atoms with Crippen molar-refractivity contribution in [1.29, 1.82) is 0 Å². The number of hydrogen-bond donors (Lipinski definition) is 2. The molecule has 3 N–H and O–H groups in total. The number of aliphatic hydroxyl groups excluding tert-OH is 1. The summed E-state index contributed by atoms with van der Waals surface area (Å²) in [6.45, 7) is 3.28. The van der Waals surface area contributed by atoms with Crippen molar-refractivity contribution < 1.29 is 9.90 Å². The highest BCUT2D eigenvalue weighted by atomic mass is 16.3. The molecule has 4 nitrogen and oxygen atoms in total. The van der Waals surface area contributed by atoms with Gasteiger partial charge in [-0.15, -0.1) is 0 Å².